The first kappa shape index (κ1) is 16.5. The minimum absolute atomic E-state index is 0.128. The first-order valence-electron chi connectivity index (χ1n) is 9.07. The Morgan fingerprint density at radius 1 is 1.25 bits per heavy atom. The molecule has 1 unspecified atom stereocenters. The van der Waals surface area contributed by atoms with E-state index in [9.17, 15) is 4.79 Å². The van der Waals surface area contributed by atoms with Gasteiger partial charge >= 0.3 is 0 Å². The Kier molecular flexibility index (Phi) is 3.84. The third-order valence-corrected chi connectivity index (χ3v) is 4.91. The van der Waals surface area contributed by atoms with Gasteiger partial charge in [-0.2, -0.15) is 10.2 Å². The number of pyridine rings is 1. The predicted molar refractivity (Wildman–Crippen MR) is 102 cm³/mol. The van der Waals surface area contributed by atoms with Gasteiger partial charge in [0.2, 0.25) is 0 Å². The summed E-state index contributed by atoms with van der Waals surface area (Å²) in [5.41, 5.74) is 8.28. The van der Waals surface area contributed by atoms with Gasteiger partial charge in [-0.05, 0) is 24.6 Å². The number of rotatable bonds is 4. The van der Waals surface area contributed by atoms with Crippen molar-refractivity contribution in [3.63, 3.8) is 0 Å². The minimum atomic E-state index is -0.208. The molecule has 4 heterocycles. The van der Waals surface area contributed by atoms with Crippen molar-refractivity contribution >= 4 is 23.2 Å². The third kappa shape index (κ3) is 2.80. The Labute approximate surface area is 160 Å². The molecule has 2 aliphatic rings. The van der Waals surface area contributed by atoms with Crippen molar-refractivity contribution in [2.75, 3.05) is 0 Å². The van der Waals surface area contributed by atoms with E-state index in [4.69, 9.17) is 0 Å². The molecule has 8 nitrogen and oxygen atoms in total. The summed E-state index contributed by atoms with van der Waals surface area (Å²) in [6.07, 6.45) is 9.88. The predicted octanol–water partition coefficient (Wildman–Crippen LogP) is 2.34. The van der Waals surface area contributed by atoms with Gasteiger partial charge in [0.15, 0.2) is 0 Å². The number of amides is 1. The van der Waals surface area contributed by atoms with Gasteiger partial charge in [0.1, 0.15) is 11.6 Å². The van der Waals surface area contributed by atoms with Crippen molar-refractivity contribution in [2.45, 2.75) is 32.4 Å². The maximum absolute atomic E-state index is 12.9. The second-order valence-electron chi connectivity index (χ2n) is 6.88. The van der Waals surface area contributed by atoms with Crippen LogP contribution in [0.4, 0.5) is 0 Å². The minimum Gasteiger partial charge on any atom is -0.267 e. The summed E-state index contributed by atoms with van der Waals surface area (Å²) in [5.74, 6) is -0.128. The fraction of sp³-hybridized carbons (Fsp3) is 0.250. The molecule has 3 aromatic rings. The molecule has 0 saturated heterocycles. The molecule has 0 saturated carbocycles. The second kappa shape index (κ2) is 6.51. The van der Waals surface area contributed by atoms with Crippen LogP contribution < -0.4 is 0 Å². The largest absolute Gasteiger partial charge is 0.278 e. The highest BCUT2D eigenvalue weighted by atomic mass is 16.2. The molecule has 5 rings (SSSR count). The van der Waals surface area contributed by atoms with Crippen LogP contribution in [0.1, 0.15) is 30.3 Å². The summed E-state index contributed by atoms with van der Waals surface area (Å²) in [6, 6.07) is 3.66. The van der Waals surface area contributed by atoms with Crippen molar-refractivity contribution in [3.8, 4) is 0 Å². The molecule has 0 aromatic carbocycles. The van der Waals surface area contributed by atoms with Crippen molar-refractivity contribution in [1.82, 2.24) is 29.7 Å². The van der Waals surface area contributed by atoms with Gasteiger partial charge in [0.25, 0.3) is 5.91 Å². The fourth-order valence-corrected chi connectivity index (χ4v) is 3.42. The van der Waals surface area contributed by atoms with Crippen molar-refractivity contribution in [1.29, 1.82) is 0 Å². The number of carbonyl (C=O) groups is 1. The number of carbonyl (C=O) groups excluding carboxylic acids is 1. The molecular weight excluding hydrogens is 354 g/mol. The highest BCUT2D eigenvalue weighted by Crippen LogP contribution is 2.31. The van der Waals surface area contributed by atoms with Gasteiger partial charge in [0.05, 0.1) is 41.4 Å². The zero-order chi connectivity index (χ0) is 19.1. The molecular formula is C20H17N7O. The Morgan fingerprint density at radius 2 is 2.14 bits per heavy atom. The Morgan fingerprint density at radius 3 is 2.96 bits per heavy atom. The lowest BCUT2D eigenvalue weighted by atomic mass is 9.95. The van der Waals surface area contributed by atoms with Crippen LogP contribution in [0.5, 0.6) is 0 Å². The van der Waals surface area contributed by atoms with E-state index in [1.165, 1.54) is 5.01 Å². The quantitative estimate of drug-likeness (QED) is 0.657. The van der Waals surface area contributed by atoms with E-state index < -0.39 is 0 Å². The smallest absolute Gasteiger partial charge is 0.267 e. The molecule has 1 amide bonds. The highest BCUT2D eigenvalue weighted by molar-refractivity contribution is 5.96. The lowest BCUT2D eigenvalue weighted by molar-refractivity contribution is -0.129. The second-order valence-corrected chi connectivity index (χ2v) is 6.88. The molecule has 8 heteroatoms. The molecule has 0 N–H and O–H groups in total. The fourth-order valence-electron chi connectivity index (χ4n) is 3.42. The lowest BCUT2D eigenvalue weighted by Crippen LogP contribution is -2.30. The number of aromatic nitrogens is 5. The summed E-state index contributed by atoms with van der Waals surface area (Å²) in [6.45, 7) is 2.48. The monoisotopic (exact) mass is 371 g/mol. The molecule has 1 atom stereocenters. The summed E-state index contributed by atoms with van der Waals surface area (Å²) in [5, 5.41) is 10.1. The Hall–Kier alpha value is -3.64. The van der Waals surface area contributed by atoms with E-state index in [-0.39, 0.29) is 11.9 Å². The maximum atomic E-state index is 12.9. The number of hydrazone groups is 1. The van der Waals surface area contributed by atoms with Gasteiger partial charge in [0, 0.05) is 31.4 Å². The summed E-state index contributed by atoms with van der Waals surface area (Å²) in [7, 11) is 0. The molecule has 0 fully saturated rings. The van der Waals surface area contributed by atoms with Crippen LogP contribution in [0.15, 0.2) is 58.9 Å². The molecule has 138 valence electrons. The van der Waals surface area contributed by atoms with Gasteiger partial charge in [-0.25, -0.2) is 5.01 Å². The van der Waals surface area contributed by atoms with Crippen molar-refractivity contribution in [3.05, 3.63) is 65.2 Å². The molecule has 28 heavy (non-hydrogen) atoms. The summed E-state index contributed by atoms with van der Waals surface area (Å²) in [4.78, 5) is 25.8. The maximum Gasteiger partial charge on any atom is 0.278 e. The molecule has 0 bridgehead atoms. The van der Waals surface area contributed by atoms with Crippen LogP contribution in [0.3, 0.4) is 0 Å². The van der Waals surface area contributed by atoms with Gasteiger partial charge in [-0.15, -0.1) is 5.73 Å². The lowest BCUT2D eigenvalue weighted by Gasteiger charge is -2.24. The SMILES string of the molecule is Cc1cnc(C2CC=NN2C(=O)C2=C=C(Cn3ncc4ncccc43)C2)cn1. The highest BCUT2D eigenvalue weighted by Gasteiger charge is 2.33. The number of fused-ring (bicyclic) bond motifs is 1. The first-order chi connectivity index (χ1) is 13.7. The standard InChI is InChI=1S/C20H17N7O/c1-13-9-23-16(10-22-13)19-4-6-24-27(19)20(28)15-7-14(8-15)12-26-18-3-2-5-21-17(18)11-25-26/h2-3,5-6,9-11,19H,4,7,12H2,1H3. The molecule has 1 aliphatic carbocycles. The molecule has 3 aromatic heterocycles. The molecule has 0 spiro atoms. The Bertz CT molecular complexity index is 1170. The topological polar surface area (TPSA) is 89.2 Å². The van der Waals surface area contributed by atoms with Crippen LogP contribution in [0, 0.1) is 6.92 Å². The first-order valence-corrected chi connectivity index (χ1v) is 9.07. The summed E-state index contributed by atoms with van der Waals surface area (Å²) >= 11 is 0. The van der Waals surface area contributed by atoms with Crippen LogP contribution in [0.25, 0.3) is 11.0 Å². The van der Waals surface area contributed by atoms with Gasteiger partial charge in [-0.3, -0.25) is 24.4 Å². The van der Waals surface area contributed by atoms with E-state index in [1.54, 1.807) is 31.0 Å². The van der Waals surface area contributed by atoms with Crippen molar-refractivity contribution in [2.24, 2.45) is 5.10 Å². The van der Waals surface area contributed by atoms with E-state index in [2.05, 4.69) is 30.9 Å². The number of hydrogen-bond donors (Lipinski definition) is 0. The van der Waals surface area contributed by atoms with E-state index in [0.717, 1.165) is 28.0 Å². The third-order valence-electron chi connectivity index (χ3n) is 4.91. The zero-order valence-electron chi connectivity index (χ0n) is 15.3. The van der Waals surface area contributed by atoms with E-state index >= 15 is 0 Å². The zero-order valence-corrected chi connectivity index (χ0v) is 15.3. The average molecular weight is 371 g/mol. The van der Waals surface area contributed by atoms with E-state index in [1.807, 2.05) is 23.7 Å². The number of nitrogens with zero attached hydrogens (tertiary/aromatic N) is 7. The number of aryl methyl sites for hydroxylation is 1. The van der Waals surface area contributed by atoms with Crippen LogP contribution in [0.2, 0.25) is 0 Å². The van der Waals surface area contributed by atoms with Crippen molar-refractivity contribution < 1.29 is 4.79 Å². The normalized spacial score (nSPS) is 18.2. The van der Waals surface area contributed by atoms with Crippen LogP contribution in [-0.2, 0) is 11.3 Å². The Balaban J connectivity index is 1.35. The molecule has 1 aliphatic heterocycles. The molecule has 0 radical (unpaired) electrons. The summed E-state index contributed by atoms with van der Waals surface area (Å²) < 4.78 is 1.88. The van der Waals surface area contributed by atoms with Gasteiger partial charge < -0.3 is 0 Å². The number of hydrogen-bond acceptors (Lipinski definition) is 6. The average Bonchev–Trinajstić information content (AvgIpc) is 3.32. The van der Waals surface area contributed by atoms with Crippen LogP contribution in [-0.4, -0.2) is 41.9 Å². The van der Waals surface area contributed by atoms with E-state index in [0.29, 0.717) is 25.0 Å². The van der Waals surface area contributed by atoms with Gasteiger partial charge in [-0.1, -0.05) is 0 Å². The van der Waals surface area contributed by atoms with Crippen LogP contribution >= 0.6 is 0 Å².